The molecule has 0 aromatic heterocycles. The summed E-state index contributed by atoms with van der Waals surface area (Å²) >= 11 is 5.90. The van der Waals surface area contributed by atoms with Crippen LogP contribution in [0.2, 0.25) is 5.02 Å². The summed E-state index contributed by atoms with van der Waals surface area (Å²) in [6.45, 7) is 8.08. The van der Waals surface area contributed by atoms with Gasteiger partial charge in [-0.05, 0) is 44.0 Å². The third-order valence-electron chi connectivity index (χ3n) is 3.88. The highest BCUT2D eigenvalue weighted by Gasteiger charge is 2.23. The van der Waals surface area contributed by atoms with E-state index >= 15 is 0 Å². The molecule has 0 spiro atoms. The first-order chi connectivity index (χ1) is 9.54. The molecule has 2 nitrogen and oxygen atoms in total. The van der Waals surface area contributed by atoms with Gasteiger partial charge in [0.15, 0.2) is 0 Å². The van der Waals surface area contributed by atoms with Crippen LogP contribution >= 0.6 is 11.6 Å². The van der Waals surface area contributed by atoms with E-state index in [9.17, 15) is 4.39 Å². The molecule has 0 fully saturated rings. The first-order valence-corrected chi connectivity index (χ1v) is 7.83. The van der Waals surface area contributed by atoms with E-state index in [1.807, 2.05) is 0 Å². The zero-order chi connectivity index (χ0) is 15.1. The number of hydrogen-bond donors (Lipinski definition) is 1. The van der Waals surface area contributed by atoms with Gasteiger partial charge in [0.05, 0.1) is 5.02 Å². The molecule has 4 heteroatoms. The molecule has 0 heterocycles. The Labute approximate surface area is 127 Å². The maximum absolute atomic E-state index is 13.3. The van der Waals surface area contributed by atoms with E-state index in [0.29, 0.717) is 12.6 Å². The number of halogens is 2. The van der Waals surface area contributed by atoms with Gasteiger partial charge in [-0.1, -0.05) is 37.9 Å². The van der Waals surface area contributed by atoms with Crippen LogP contribution in [0.15, 0.2) is 18.2 Å². The lowest BCUT2D eigenvalue weighted by atomic mass is 10.0. The van der Waals surface area contributed by atoms with Crippen molar-refractivity contribution < 1.29 is 4.39 Å². The molecule has 1 aromatic carbocycles. The standard InChI is InChI=1S/C16H26ClFN2/c1-4-6-9-20(12(3)5-2)16(11-19)13-7-8-15(18)14(17)10-13/h7-8,10,12,16H,4-6,9,11,19H2,1-3H3. The predicted octanol–water partition coefficient (Wildman–Crippen LogP) is 4.38. The van der Waals surface area contributed by atoms with Gasteiger partial charge in [0.25, 0.3) is 0 Å². The van der Waals surface area contributed by atoms with Crippen molar-refractivity contribution in [1.29, 1.82) is 0 Å². The van der Waals surface area contributed by atoms with Crippen molar-refractivity contribution in [1.82, 2.24) is 4.90 Å². The molecule has 1 aromatic rings. The van der Waals surface area contributed by atoms with Crippen LogP contribution in [-0.2, 0) is 0 Å². The van der Waals surface area contributed by atoms with Gasteiger partial charge in [-0.3, -0.25) is 4.90 Å². The smallest absolute Gasteiger partial charge is 0.141 e. The Hall–Kier alpha value is -0.640. The summed E-state index contributed by atoms with van der Waals surface area (Å²) in [5.41, 5.74) is 6.98. The second-order valence-electron chi connectivity index (χ2n) is 5.27. The van der Waals surface area contributed by atoms with Gasteiger partial charge >= 0.3 is 0 Å². The SMILES string of the molecule is CCCCN(C(C)CC)C(CN)c1ccc(F)c(Cl)c1. The van der Waals surface area contributed by atoms with Crippen molar-refractivity contribution in [3.8, 4) is 0 Å². The van der Waals surface area contributed by atoms with E-state index in [1.165, 1.54) is 6.07 Å². The van der Waals surface area contributed by atoms with E-state index in [2.05, 4.69) is 25.7 Å². The second kappa shape index (κ2) is 8.60. The molecule has 114 valence electrons. The average molecular weight is 301 g/mol. The van der Waals surface area contributed by atoms with Gasteiger partial charge in [-0.15, -0.1) is 0 Å². The van der Waals surface area contributed by atoms with E-state index < -0.39 is 0 Å². The van der Waals surface area contributed by atoms with Gasteiger partial charge in [0, 0.05) is 18.6 Å². The highest BCUT2D eigenvalue weighted by Crippen LogP contribution is 2.27. The molecule has 0 aliphatic carbocycles. The molecule has 0 radical (unpaired) electrons. The van der Waals surface area contributed by atoms with Gasteiger partial charge in [0.1, 0.15) is 5.82 Å². The van der Waals surface area contributed by atoms with Crippen LogP contribution in [0.25, 0.3) is 0 Å². The van der Waals surface area contributed by atoms with E-state index in [1.54, 1.807) is 12.1 Å². The van der Waals surface area contributed by atoms with Crippen LogP contribution in [-0.4, -0.2) is 24.0 Å². The molecule has 0 aliphatic rings. The number of hydrogen-bond acceptors (Lipinski definition) is 2. The predicted molar refractivity (Wildman–Crippen MR) is 84.6 cm³/mol. The van der Waals surface area contributed by atoms with Crippen LogP contribution in [0.3, 0.4) is 0 Å². The van der Waals surface area contributed by atoms with E-state index in [0.717, 1.165) is 31.4 Å². The molecule has 2 N–H and O–H groups in total. The van der Waals surface area contributed by atoms with Crippen molar-refractivity contribution in [3.05, 3.63) is 34.6 Å². The first-order valence-electron chi connectivity index (χ1n) is 7.45. The summed E-state index contributed by atoms with van der Waals surface area (Å²) in [4.78, 5) is 2.41. The van der Waals surface area contributed by atoms with Crippen molar-refractivity contribution >= 4 is 11.6 Å². The fraction of sp³-hybridized carbons (Fsp3) is 0.625. The Balaban J connectivity index is 3.01. The largest absolute Gasteiger partial charge is 0.329 e. The molecule has 20 heavy (non-hydrogen) atoms. The summed E-state index contributed by atoms with van der Waals surface area (Å²) in [6, 6.07) is 5.46. The van der Waals surface area contributed by atoms with E-state index in [4.69, 9.17) is 17.3 Å². The van der Waals surface area contributed by atoms with Crippen LogP contribution in [0, 0.1) is 5.82 Å². The van der Waals surface area contributed by atoms with Crippen molar-refractivity contribution in [2.45, 2.75) is 52.1 Å². The molecule has 0 amide bonds. The summed E-state index contributed by atoms with van der Waals surface area (Å²) in [5, 5.41) is 0.167. The lowest BCUT2D eigenvalue weighted by Gasteiger charge is -2.36. The number of unbranched alkanes of at least 4 members (excludes halogenated alkanes) is 1. The summed E-state index contributed by atoms with van der Waals surface area (Å²) in [6.07, 6.45) is 3.35. The minimum Gasteiger partial charge on any atom is -0.329 e. The number of nitrogens with zero attached hydrogens (tertiary/aromatic N) is 1. The number of rotatable bonds is 8. The average Bonchev–Trinajstić information content (AvgIpc) is 2.46. The van der Waals surface area contributed by atoms with Gasteiger partial charge < -0.3 is 5.73 Å². The van der Waals surface area contributed by atoms with Crippen molar-refractivity contribution in [3.63, 3.8) is 0 Å². The molecular formula is C16H26ClFN2. The molecule has 0 saturated carbocycles. The van der Waals surface area contributed by atoms with Crippen molar-refractivity contribution in [2.24, 2.45) is 5.73 Å². The third kappa shape index (κ3) is 4.44. The Morgan fingerprint density at radius 2 is 2.05 bits per heavy atom. The highest BCUT2D eigenvalue weighted by molar-refractivity contribution is 6.30. The molecule has 0 aliphatic heterocycles. The van der Waals surface area contributed by atoms with Crippen LogP contribution in [0.1, 0.15) is 51.6 Å². The summed E-state index contributed by atoms with van der Waals surface area (Å²) in [5.74, 6) is -0.380. The topological polar surface area (TPSA) is 29.3 Å². The fourth-order valence-corrected chi connectivity index (χ4v) is 2.63. The molecular weight excluding hydrogens is 275 g/mol. The monoisotopic (exact) mass is 300 g/mol. The van der Waals surface area contributed by atoms with E-state index in [-0.39, 0.29) is 16.9 Å². The molecule has 0 bridgehead atoms. The number of benzene rings is 1. The van der Waals surface area contributed by atoms with Gasteiger partial charge in [-0.25, -0.2) is 4.39 Å². The lowest BCUT2D eigenvalue weighted by Crippen LogP contribution is -2.40. The number of nitrogens with two attached hydrogens (primary N) is 1. The van der Waals surface area contributed by atoms with Crippen LogP contribution in [0.5, 0.6) is 0 Å². The summed E-state index contributed by atoms with van der Waals surface area (Å²) in [7, 11) is 0. The molecule has 1 rings (SSSR count). The third-order valence-corrected chi connectivity index (χ3v) is 4.17. The normalized spacial score (nSPS) is 14.6. The Morgan fingerprint density at radius 1 is 1.35 bits per heavy atom. The highest BCUT2D eigenvalue weighted by atomic mass is 35.5. The Kier molecular flexibility index (Phi) is 7.49. The van der Waals surface area contributed by atoms with Crippen molar-refractivity contribution in [2.75, 3.05) is 13.1 Å². The molecule has 2 unspecified atom stereocenters. The maximum Gasteiger partial charge on any atom is 0.141 e. The zero-order valence-corrected chi connectivity index (χ0v) is 13.5. The summed E-state index contributed by atoms with van der Waals surface area (Å²) < 4.78 is 13.3. The quantitative estimate of drug-likeness (QED) is 0.772. The first kappa shape index (κ1) is 17.4. The van der Waals surface area contributed by atoms with Crippen LogP contribution in [0.4, 0.5) is 4.39 Å². The van der Waals surface area contributed by atoms with Gasteiger partial charge in [-0.2, -0.15) is 0 Å². The Morgan fingerprint density at radius 3 is 2.55 bits per heavy atom. The molecule has 2 atom stereocenters. The molecule has 0 saturated heterocycles. The maximum atomic E-state index is 13.3. The lowest BCUT2D eigenvalue weighted by molar-refractivity contribution is 0.141. The Bertz CT molecular complexity index is 411. The fourth-order valence-electron chi connectivity index (χ4n) is 2.44. The zero-order valence-electron chi connectivity index (χ0n) is 12.7. The minimum absolute atomic E-state index is 0.0922. The minimum atomic E-state index is -0.380. The second-order valence-corrected chi connectivity index (χ2v) is 5.68. The van der Waals surface area contributed by atoms with Crippen LogP contribution < -0.4 is 5.73 Å². The van der Waals surface area contributed by atoms with Gasteiger partial charge in [0.2, 0.25) is 0 Å².